The molecule has 136 valence electrons. The second kappa shape index (κ2) is 8.94. The molecule has 1 amide bonds. The van der Waals surface area contributed by atoms with Gasteiger partial charge in [0.25, 0.3) is 5.91 Å². The number of pyridine rings is 1. The van der Waals surface area contributed by atoms with E-state index in [1.54, 1.807) is 18.3 Å². The third-order valence-electron chi connectivity index (χ3n) is 3.26. The third-order valence-corrected chi connectivity index (χ3v) is 4.73. The van der Waals surface area contributed by atoms with E-state index in [0.29, 0.717) is 18.2 Å². The highest BCUT2D eigenvalue weighted by Gasteiger charge is 2.15. The number of nitrogens with one attached hydrogen (secondary N) is 2. The number of aromatic nitrogens is 1. The fraction of sp³-hybridized carbons (Fsp3) is 0.235. The lowest BCUT2D eigenvalue weighted by molar-refractivity contribution is 0.102. The maximum Gasteiger partial charge on any atom is 0.255 e. The van der Waals surface area contributed by atoms with Crippen LogP contribution in [0.25, 0.3) is 0 Å². The summed E-state index contributed by atoms with van der Waals surface area (Å²) in [4.78, 5) is 16.4. The van der Waals surface area contributed by atoms with Crippen molar-refractivity contribution in [3.8, 4) is 11.9 Å². The Kier molecular flexibility index (Phi) is 6.66. The van der Waals surface area contributed by atoms with Gasteiger partial charge in [0.05, 0.1) is 17.6 Å². The highest BCUT2D eigenvalue weighted by atomic mass is 32.2. The molecule has 0 fully saturated rings. The first kappa shape index (κ1) is 19.4. The van der Waals surface area contributed by atoms with Crippen LogP contribution >= 0.6 is 0 Å². The molecule has 0 saturated carbocycles. The summed E-state index contributed by atoms with van der Waals surface area (Å²) in [6.45, 7) is 2.25. The van der Waals surface area contributed by atoms with Crippen LogP contribution < -0.4 is 14.8 Å². The normalized spacial score (nSPS) is 10.8. The zero-order valence-electron chi connectivity index (χ0n) is 14.1. The van der Waals surface area contributed by atoms with Gasteiger partial charge < -0.3 is 10.1 Å². The van der Waals surface area contributed by atoms with Gasteiger partial charge in [0.1, 0.15) is 5.69 Å². The lowest BCUT2D eigenvalue weighted by Gasteiger charge is -2.10. The van der Waals surface area contributed by atoms with Gasteiger partial charge in [-0.15, -0.1) is 0 Å². The Labute approximate surface area is 151 Å². The first-order valence-electron chi connectivity index (χ1n) is 7.83. The second-order valence-electron chi connectivity index (χ2n) is 5.07. The Morgan fingerprint density at radius 2 is 2.00 bits per heavy atom. The molecule has 2 aromatic rings. The summed E-state index contributed by atoms with van der Waals surface area (Å²) in [5, 5.41) is 11.1. The highest BCUT2D eigenvalue weighted by Crippen LogP contribution is 2.21. The minimum Gasteiger partial charge on any atom is -0.476 e. The molecule has 0 aliphatic rings. The molecule has 0 bridgehead atoms. The van der Waals surface area contributed by atoms with Gasteiger partial charge in [-0.3, -0.25) is 4.79 Å². The number of amides is 1. The number of hydrogen-bond acceptors (Lipinski definition) is 6. The maximum absolute atomic E-state index is 12.3. The van der Waals surface area contributed by atoms with Gasteiger partial charge in [-0.1, -0.05) is 0 Å². The van der Waals surface area contributed by atoms with Crippen LogP contribution in [0.5, 0.6) is 5.88 Å². The molecule has 1 heterocycles. The molecular formula is C17H18N4O4S. The Hall–Kier alpha value is -2.96. The molecule has 0 aliphatic carbocycles. The molecule has 0 atom stereocenters. The summed E-state index contributed by atoms with van der Waals surface area (Å²) in [7, 11) is -3.71. The van der Waals surface area contributed by atoms with Crippen molar-refractivity contribution in [2.24, 2.45) is 0 Å². The average Bonchev–Trinajstić information content (AvgIpc) is 2.64. The van der Waals surface area contributed by atoms with Crippen molar-refractivity contribution in [3.05, 3.63) is 48.2 Å². The number of carbonyl (C=O) groups excluding carboxylic acids is 1. The van der Waals surface area contributed by atoms with Gasteiger partial charge in [0.2, 0.25) is 15.9 Å². The molecule has 0 radical (unpaired) electrons. The van der Waals surface area contributed by atoms with Gasteiger partial charge in [-0.2, -0.15) is 5.26 Å². The zero-order valence-corrected chi connectivity index (χ0v) is 14.9. The fourth-order valence-corrected chi connectivity index (χ4v) is 3.07. The van der Waals surface area contributed by atoms with Gasteiger partial charge >= 0.3 is 0 Å². The van der Waals surface area contributed by atoms with Crippen LogP contribution in [0.3, 0.4) is 0 Å². The van der Waals surface area contributed by atoms with Crippen molar-refractivity contribution < 1.29 is 17.9 Å². The molecule has 8 nitrogen and oxygen atoms in total. The van der Waals surface area contributed by atoms with Gasteiger partial charge in [0, 0.05) is 24.7 Å². The average molecular weight is 374 g/mol. The quantitative estimate of drug-likeness (QED) is 0.681. The van der Waals surface area contributed by atoms with Crippen LogP contribution in [0.1, 0.15) is 23.7 Å². The maximum atomic E-state index is 12.3. The minimum atomic E-state index is -3.71. The van der Waals surface area contributed by atoms with Crippen LogP contribution in [-0.4, -0.2) is 32.5 Å². The molecule has 0 aliphatic heterocycles. The molecular weight excluding hydrogens is 356 g/mol. The number of nitriles is 1. The summed E-state index contributed by atoms with van der Waals surface area (Å²) in [5.74, 6) is -0.107. The minimum absolute atomic E-state index is 0.0170. The second-order valence-corrected chi connectivity index (χ2v) is 6.84. The predicted molar refractivity (Wildman–Crippen MR) is 95.2 cm³/mol. The van der Waals surface area contributed by atoms with E-state index >= 15 is 0 Å². The smallest absolute Gasteiger partial charge is 0.255 e. The van der Waals surface area contributed by atoms with Crippen LogP contribution in [0.4, 0.5) is 5.69 Å². The Balaban J connectivity index is 2.11. The predicted octanol–water partition coefficient (Wildman–Crippen LogP) is 1.92. The highest BCUT2D eigenvalue weighted by molar-refractivity contribution is 7.89. The lowest BCUT2D eigenvalue weighted by Crippen LogP contribution is -2.24. The van der Waals surface area contributed by atoms with Crippen molar-refractivity contribution in [1.29, 1.82) is 5.26 Å². The van der Waals surface area contributed by atoms with E-state index in [1.165, 1.54) is 24.3 Å². The Bertz CT molecular complexity index is 905. The van der Waals surface area contributed by atoms with Crippen LogP contribution in [-0.2, 0) is 10.0 Å². The van der Waals surface area contributed by atoms with E-state index in [9.17, 15) is 13.2 Å². The Morgan fingerprint density at radius 3 is 2.65 bits per heavy atom. The molecule has 0 unspecified atom stereocenters. The largest absolute Gasteiger partial charge is 0.476 e. The summed E-state index contributed by atoms with van der Waals surface area (Å²) in [6, 6.07) is 10.7. The van der Waals surface area contributed by atoms with Gasteiger partial charge in [-0.05, 0) is 43.3 Å². The van der Waals surface area contributed by atoms with Crippen molar-refractivity contribution in [2.75, 3.05) is 18.5 Å². The standard InChI is InChI=1S/C17H18N4O4S/c1-2-25-17-15(5-3-11-19-17)21-16(22)13-6-8-14(9-7-13)26(23,24)20-12-4-10-18/h3,5-9,11,20H,2,4,12H2,1H3,(H,21,22). The molecule has 9 heteroatoms. The number of anilines is 1. The molecule has 26 heavy (non-hydrogen) atoms. The van der Waals surface area contributed by atoms with Crippen molar-refractivity contribution in [3.63, 3.8) is 0 Å². The molecule has 2 N–H and O–H groups in total. The van der Waals surface area contributed by atoms with E-state index in [0.717, 1.165) is 0 Å². The molecule has 0 saturated heterocycles. The summed E-state index contributed by atoms with van der Waals surface area (Å²) in [5.41, 5.74) is 0.710. The monoisotopic (exact) mass is 374 g/mol. The fourth-order valence-electron chi connectivity index (χ4n) is 2.04. The van der Waals surface area contributed by atoms with E-state index in [1.807, 2.05) is 13.0 Å². The number of sulfonamides is 1. The summed E-state index contributed by atoms with van der Waals surface area (Å²) in [6.07, 6.45) is 1.63. The summed E-state index contributed by atoms with van der Waals surface area (Å²) >= 11 is 0. The molecule has 1 aromatic heterocycles. The van der Waals surface area contributed by atoms with Crippen molar-refractivity contribution >= 4 is 21.6 Å². The van der Waals surface area contributed by atoms with Crippen LogP contribution in [0, 0.1) is 11.3 Å². The molecule has 1 aromatic carbocycles. The zero-order chi connectivity index (χ0) is 19.0. The number of ether oxygens (including phenoxy) is 1. The van der Waals surface area contributed by atoms with Crippen LogP contribution in [0.15, 0.2) is 47.5 Å². The van der Waals surface area contributed by atoms with E-state index in [4.69, 9.17) is 10.00 Å². The summed E-state index contributed by atoms with van der Waals surface area (Å²) < 4.78 is 31.8. The third kappa shape index (κ3) is 5.02. The van der Waals surface area contributed by atoms with Crippen molar-refractivity contribution in [2.45, 2.75) is 18.2 Å². The van der Waals surface area contributed by atoms with Crippen molar-refractivity contribution in [1.82, 2.24) is 9.71 Å². The van der Waals surface area contributed by atoms with Gasteiger partial charge in [-0.25, -0.2) is 18.1 Å². The van der Waals surface area contributed by atoms with E-state index < -0.39 is 15.9 Å². The molecule has 0 spiro atoms. The SMILES string of the molecule is CCOc1ncccc1NC(=O)c1ccc(S(=O)(=O)NCCC#N)cc1. The van der Waals surface area contributed by atoms with Gasteiger partial charge in [0.15, 0.2) is 0 Å². The topological polar surface area (TPSA) is 121 Å². The Morgan fingerprint density at radius 1 is 1.27 bits per heavy atom. The first-order valence-corrected chi connectivity index (χ1v) is 9.32. The number of hydrogen-bond donors (Lipinski definition) is 2. The number of nitrogens with zero attached hydrogens (tertiary/aromatic N) is 2. The first-order chi connectivity index (χ1) is 12.5. The molecule has 2 rings (SSSR count). The number of rotatable bonds is 8. The number of benzene rings is 1. The van der Waals surface area contributed by atoms with E-state index in [-0.39, 0.29) is 23.4 Å². The van der Waals surface area contributed by atoms with E-state index in [2.05, 4.69) is 15.0 Å². The van der Waals surface area contributed by atoms with Crippen LogP contribution in [0.2, 0.25) is 0 Å². The lowest BCUT2D eigenvalue weighted by atomic mass is 10.2. The number of carbonyl (C=O) groups is 1.